The van der Waals surface area contributed by atoms with Crippen LogP contribution in [0.5, 0.6) is 0 Å². The van der Waals surface area contributed by atoms with E-state index in [4.69, 9.17) is 4.74 Å². The van der Waals surface area contributed by atoms with Crippen LogP contribution < -0.4 is 10.9 Å². The second-order valence-corrected chi connectivity index (χ2v) is 8.98. The third-order valence-electron chi connectivity index (χ3n) is 5.74. The van der Waals surface area contributed by atoms with E-state index < -0.39 is 17.6 Å². The van der Waals surface area contributed by atoms with Crippen molar-refractivity contribution in [3.8, 4) is 0 Å². The number of anilines is 1. The molecule has 0 unspecified atom stereocenters. The lowest BCUT2D eigenvalue weighted by Crippen LogP contribution is -2.28. The van der Waals surface area contributed by atoms with Crippen LogP contribution in [0.1, 0.15) is 42.3 Å². The van der Waals surface area contributed by atoms with Crippen LogP contribution in [0.4, 0.5) is 18.9 Å². The monoisotopic (exact) mass is 537 g/mol. The fourth-order valence-corrected chi connectivity index (χ4v) is 4.61. The average Bonchev–Trinajstić information content (AvgIpc) is 3.54. The summed E-state index contributed by atoms with van der Waals surface area (Å²) in [6.07, 6.45) is -0.241. The highest BCUT2D eigenvalue weighted by Gasteiger charge is 2.33. The number of halogens is 4. The maximum absolute atomic E-state index is 13.0. The summed E-state index contributed by atoms with van der Waals surface area (Å²) in [5, 5.41) is 7.00. The van der Waals surface area contributed by atoms with Gasteiger partial charge in [0.25, 0.3) is 5.56 Å². The fourth-order valence-electron chi connectivity index (χ4n) is 3.91. The van der Waals surface area contributed by atoms with Gasteiger partial charge in [0.2, 0.25) is 11.7 Å². The maximum atomic E-state index is 13.0. The molecule has 0 radical (unpaired) electrons. The fraction of sp³-hybridized carbons (Fsp3) is 0.364. The van der Waals surface area contributed by atoms with Crippen LogP contribution in [0.25, 0.3) is 11.4 Å². The van der Waals surface area contributed by atoms with Crippen molar-refractivity contribution in [2.24, 2.45) is 0 Å². The van der Waals surface area contributed by atoms with Crippen LogP contribution in [-0.4, -0.2) is 38.3 Å². The minimum atomic E-state index is -4.46. The van der Waals surface area contributed by atoms with E-state index in [2.05, 4.69) is 31.3 Å². The Balaban J connectivity index is 1.50. The van der Waals surface area contributed by atoms with Gasteiger partial charge in [-0.2, -0.15) is 22.7 Å². The first-order valence-electron chi connectivity index (χ1n) is 10.7. The topological polar surface area (TPSA) is 90.5 Å². The van der Waals surface area contributed by atoms with Crippen molar-refractivity contribution >= 4 is 38.9 Å². The molecule has 1 aromatic carbocycles. The molecule has 0 saturated heterocycles. The molecule has 1 saturated carbocycles. The molecule has 12 heteroatoms. The lowest BCUT2D eigenvalue weighted by Gasteiger charge is -2.16. The number of aromatic nitrogens is 4. The summed E-state index contributed by atoms with van der Waals surface area (Å²) in [7, 11) is 0. The number of carbonyl (C=O) groups excluding carboxylic acids is 1. The first-order valence-corrected chi connectivity index (χ1v) is 11.4. The zero-order valence-electron chi connectivity index (χ0n) is 17.7. The molecule has 3 heterocycles. The summed E-state index contributed by atoms with van der Waals surface area (Å²) in [5.74, 6) is 0.277. The highest BCUT2D eigenvalue weighted by molar-refractivity contribution is 9.10. The number of ether oxygens (including phenoxy) is 1. The summed E-state index contributed by atoms with van der Waals surface area (Å²) in [6.45, 7) is 0.773. The van der Waals surface area contributed by atoms with Gasteiger partial charge in [-0.3, -0.25) is 9.59 Å². The standard InChI is InChI=1S/C22H19BrF3N5O3/c23-17-18(12-1-2-12)30(11-16(32)27-15-5-3-14(4-6-15)22(24,25)26)21-28-19(29-31(21)20(17)33)13-7-9-34-10-8-13/h3-7,12H,1-2,8-11H2,(H,27,32). The molecule has 1 N–H and O–H groups in total. The molecule has 3 aromatic rings. The molecule has 1 aliphatic carbocycles. The number of carbonyl (C=O) groups is 1. The molecule has 178 valence electrons. The molecular weight excluding hydrogens is 519 g/mol. The molecular formula is C22H19BrF3N5O3. The number of hydrogen-bond donors (Lipinski definition) is 1. The van der Waals surface area contributed by atoms with E-state index in [1.807, 2.05) is 6.08 Å². The van der Waals surface area contributed by atoms with Crippen LogP contribution in [0.15, 0.2) is 39.6 Å². The lowest BCUT2D eigenvalue weighted by molar-refractivity contribution is -0.137. The van der Waals surface area contributed by atoms with E-state index in [0.717, 1.165) is 30.5 Å². The molecule has 2 aromatic heterocycles. The van der Waals surface area contributed by atoms with Gasteiger partial charge in [-0.1, -0.05) is 6.08 Å². The van der Waals surface area contributed by atoms with Crippen LogP contribution in [-0.2, 0) is 22.3 Å². The molecule has 34 heavy (non-hydrogen) atoms. The van der Waals surface area contributed by atoms with Gasteiger partial charge in [0.05, 0.1) is 18.8 Å². The summed E-state index contributed by atoms with van der Waals surface area (Å²) in [4.78, 5) is 30.4. The van der Waals surface area contributed by atoms with Gasteiger partial charge >= 0.3 is 6.18 Å². The highest BCUT2D eigenvalue weighted by atomic mass is 79.9. The Hall–Kier alpha value is -2.99. The van der Waals surface area contributed by atoms with Gasteiger partial charge in [0.1, 0.15) is 11.0 Å². The van der Waals surface area contributed by atoms with E-state index >= 15 is 0 Å². The SMILES string of the molecule is O=C(Cn1c(C2CC2)c(Br)c(=O)n2nc(C3=CCOCC3)nc12)Nc1ccc(C(F)(F)F)cc1. The minimum Gasteiger partial charge on any atom is -0.377 e. The van der Waals surface area contributed by atoms with Crippen LogP contribution >= 0.6 is 15.9 Å². The smallest absolute Gasteiger partial charge is 0.377 e. The maximum Gasteiger partial charge on any atom is 0.416 e. The Bertz CT molecular complexity index is 1360. The van der Waals surface area contributed by atoms with Gasteiger partial charge in [-0.25, -0.2) is 0 Å². The van der Waals surface area contributed by atoms with Gasteiger partial charge in [0.15, 0.2) is 5.82 Å². The normalized spacial score (nSPS) is 16.5. The second kappa shape index (κ2) is 8.66. The number of amides is 1. The first kappa shape index (κ1) is 22.8. The largest absolute Gasteiger partial charge is 0.416 e. The number of fused-ring (bicyclic) bond motifs is 1. The number of benzene rings is 1. The van der Waals surface area contributed by atoms with E-state index in [9.17, 15) is 22.8 Å². The molecule has 1 aliphatic heterocycles. The highest BCUT2D eigenvalue weighted by Crippen LogP contribution is 2.42. The van der Waals surface area contributed by atoms with Crippen molar-refractivity contribution < 1.29 is 22.7 Å². The number of hydrogen-bond acceptors (Lipinski definition) is 5. The van der Waals surface area contributed by atoms with Crippen molar-refractivity contribution in [3.63, 3.8) is 0 Å². The van der Waals surface area contributed by atoms with Gasteiger partial charge in [-0.05, 0) is 65.0 Å². The Morgan fingerprint density at radius 2 is 1.97 bits per heavy atom. The van der Waals surface area contributed by atoms with Gasteiger partial charge in [-0.15, -0.1) is 5.10 Å². The quantitative estimate of drug-likeness (QED) is 0.531. The lowest BCUT2D eigenvalue weighted by atomic mass is 10.1. The summed E-state index contributed by atoms with van der Waals surface area (Å²) in [5.41, 5.74) is 0.601. The molecule has 2 aliphatic rings. The number of nitrogens with zero attached hydrogens (tertiary/aromatic N) is 4. The molecule has 1 amide bonds. The van der Waals surface area contributed by atoms with Crippen molar-refractivity contribution in [2.75, 3.05) is 18.5 Å². The number of nitrogens with one attached hydrogen (secondary N) is 1. The third-order valence-corrected chi connectivity index (χ3v) is 6.49. The zero-order valence-corrected chi connectivity index (χ0v) is 19.3. The first-order chi connectivity index (χ1) is 16.2. The third kappa shape index (κ3) is 4.39. The van der Waals surface area contributed by atoms with Gasteiger partial charge < -0.3 is 14.6 Å². The average molecular weight is 538 g/mol. The zero-order chi connectivity index (χ0) is 24.0. The number of alkyl halides is 3. The predicted octanol–water partition coefficient (Wildman–Crippen LogP) is 3.99. The van der Waals surface area contributed by atoms with Gasteiger partial charge in [0, 0.05) is 17.3 Å². The summed E-state index contributed by atoms with van der Waals surface area (Å²) in [6, 6.07) is 4.22. The Labute approximate surface area is 199 Å². The van der Waals surface area contributed by atoms with Crippen LogP contribution in [0, 0.1) is 0 Å². The molecule has 0 atom stereocenters. The molecule has 8 nitrogen and oxygen atoms in total. The molecule has 5 rings (SSSR count). The van der Waals surface area contributed by atoms with E-state index in [1.165, 1.54) is 16.6 Å². The van der Waals surface area contributed by atoms with Crippen LogP contribution in [0.2, 0.25) is 0 Å². The second-order valence-electron chi connectivity index (χ2n) is 8.19. The molecule has 0 spiro atoms. The minimum absolute atomic E-state index is 0.105. The molecule has 1 fully saturated rings. The summed E-state index contributed by atoms with van der Waals surface area (Å²) >= 11 is 3.39. The Morgan fingerprint density at radius 3 is 2.59 bits per heavy atom. The Kier molecular flexibility index (Phi) is 5.80. The van der Waals surface area contributed by atoms with Crippen molar-refractivity contribution in [2.45, 2.75) is 37.9 Å². The van der Waals surface area contributed by atoms with E-state index in [1.54, 1.807) is 4.57 Å². The van der Waals surface area contributed by atoms with E-state index in [0.29, 0.717) is 35.6 Å². The van der Waals surface area contributed by atoms with Crippen molar-refractivity contribution in [1.29, 1.82) is 0 Å². The number of rotatable bonds is 5. The van der Waals surface area contributed by atoms with Crippen LogP contribution in [0.3, 0.4) is 0 Å². The predicted molar refractivity (Wildman–Crippen MR) is 120 cm³/mol. The van der Waals surface area contributed by atoms with Crippen molar-refractivity contribution in [3.05, 3.63) is 62.2 Å². The Morgan fingerprint density at radius 1 is 1.24 bits per heavy atom. The molecule has 0 bridgehead atoms. The van der Waals surface area contributed by atoms with E-state index in [-0.39, 0.29) is 29.5 Å². The van der Waals surface area contributed by atoms with Crippen molar-refractivity contribution in [1.82, 2.24) is 19.2 Å². The summed E-state index contributed by atoms with van der Waals surface area (Å²) < 4.78 is 46.9.